The zero-order chi connectivity index (χ0) is 76.0. The van der Waals surface area contributed by atoms with Gasteiger partial charge in [0.05, 0.1) is 26.4 Å². The van der Waals surface area contributed by atoms with Crippen LogP contribution < -0.4 is 0 Å². The molecule has 0 aliphatic heterocycles. The van der Waals surface area contributed by atoms with Gasteiger partial charge in [0.1, 0.15) is 19.3 Å². The van der Waals surface area contributed by atoms with Crippen molar-refractivity contribution in [3.63, 3.8) is 0 Å². The van der Waals surface area contributed by atoms with Crippen LogP contribution in [0.2, 0.25) is 0 Å². The lowest BCUT2D eigenvalue weighted by Gasteiger charge is -2.21. The molecule has 0 radical (unpaired) electrons. The van der Waals surface area contributed by atoms with Crippen molar-refractivity contribution in [2.24, 2.45) is 23.7 Å². The maximum absolute atomic E-state index is 13.1. The molecule has 0 spiro atoms. The monoisotopic (exact) mass is 1510 g/mol. The summed E-state index contributed by atoms with van der Waals surface area (Å²) in [4.78, 5) is 73.1. The molecule has 3 N–H and O–H groups in total. The normalized spacial score (nSPS) is 14.5. The standard InChI is InChI=1S/C84H164O17P2/c1-9-76(7)62-54-46-38-30-23-19-15-13-11-12-14-16-22-26-33-41-50-58-66-83(88)100-79(70-94-81(86)64-56-48-40-32-25-21-18-17-20-24-31-39-47-55-63-77(8)10-2)72-98-102(90,91)96-68-78(85)69-97-103(92,93)99-73-80(71-95-82(87)65-57-49-43-35-37-45-53-61-75(5)6)101-84(89)67-59-51-42-34-28-27-29-36-44-52-60-74(3)4/h74-80,85H,9-73H2,1-8H3,(H,90,91)(H,92,93)/t76?,77?,78?,79-,80-/m1/s1. The quantitative estimate of drug-likeness (QED) is 0.0222. The number of rotatable bonds is 81. The maximum atomic E-state index is 13.1. The third kappa shape index (κ3) is 75.3. The number of aliphatic hydroxyl groups excluding tert-OH is 1. The Balaban J connectivity index is 5.22. The van der Waals surface area contributed by atoms with Crippen LogP contribution >= 0.6 is 15.6 Å². The average Bonchev–Trinajstić information content (AvgIpc) is 1.00. The molecule has 0 aromatic carbocycles. The zero-order valence-corrected chi connectivity index (χ0v) is 69.7. The fourth-order valence-corrected chi connectivity index (χ4v) is 14.5. The van der Waals surface area contributed by atoms with E-state index in [1.54, 1.807) is 0 Å². The minimum atomic E-state index is -4.97. The van der Waals surface area contributed by atoms with Crippen LogP contribution in [0.5, 0.6) is 0 Å². The van der Waals surface area contributed by atoms with E-state index in [1.807, 2.05) is 0 Å². The molecule has 0 aliphatic rings. The van der Waals surface area contributed by atoms with Crippen molar-refractivity contribution >= 4 is 39.5 Å². The Morgan fingerprint density at radius 3 is 0.689 bits per heavy atom. The first kappa shape index (κ1) is 101. The number of hydrogen-bond donors (Lipinski definition) is 3. The van der Waals surface area contributed by atoms with E-state index in [1.165, 1.54) is 231 Å². The molecule has 103 heavy (non-hydrogen) atoms. The van der Waals surface area contributed by atoms with E-state index in [2.05, 4.69) is 55.4 Å². The molecule has 0 aliphatic carbocycles. The Hall–Kier alpha value is -1.94. The van der Waals surface area contributed by atoms with E-state index in [0.717, 1.165) is 114 Å². The third-order valence-corrected chi connectivity index (χ3v) is 22.2. The van der Waals surface area contributed by atoms with Crippen LogP contribution in [-0.2, 0) is 65.4 Å². The van der Waals surface area contributed by atoms with Gasteiger partial charge in [-0.3, -0.25) is 37.3 Å². The second-order valence-corrected chi connectivity index (χ2v) is 34.6. The van der Waals surface area contributed by atoms with E-state index in [-0.39, 0.29) is 25.7 Å². The van der Waals surface area contributed by atoms with Crippen molar-refractivity contribution in [1.29, 1.82) is 0 Å². The highest BCUT2D eigenvalue weighted by Crippen LogP contribution is 2.45. The molecule has 0 bridgehead atoms. The number of ether oxygens (including phenoxy) is 4. The zero-order valence-electron chi connectivity index (χ0n) is 68.0. The number of phosphoric ester groups is 2. The molecule has 0 aromatic heterocycles. The molecule has 0 rings (SSSR count). The predicted octanol–water partition coefficient (Wildman–Crippen LogP) is 25.2. The van der Waals surface area contributed by atoms with Crippen LogP contribution in [0.3, 0.4) is 0 Å². The van der Waals surface area contributed by atoms with Crippen LogP contribution in [0.4, 0.5) is 0 Å². The topological polar surface area (TPSA) is 237 Å². The third-order valence-electron chi connectivity index (χ3n) is 20.3. The maximum Gasteiger partial charge on any atom is 0.472 e. The lowest BCUT2D eigenvalue weighted by Crippen LogP contribution is -2.30. The summed E-state index contributed by atoms with van der Waals surface area (Å²) in [6, 6.07) is 0. The molecule has 0 heterocycles. The molecule has 612 valence electrons. The molecule has 0 fully saturated rings. The number of hydrogen-bond acceptors (Lipinski definition) is 15. The van der Waals surface area contributed by atoms with Gasteiger partial charge in [-0.25, -0.2) is 9.13 Å². The first-order chi connectivity index (χ1) is 49.7. The number of carbonyl (C=O) groups excluding carboxylic acids is 4. The molecule has 17 nitrogen and oxygen atoms in total. The molecule has 0 aromatic rings. The number of unbranched alkanes of at least 4 members (excludes halogenated alkanes) is 45. The van der Waals surface area contributed by atoms with Crippen molar-refractivity contribution in [3.05, 3.63) is 0 Å². The summed E-state index contributed by atoms with van der Waals surface area (Å²) < 4.78 is 68.8. The first-order valence-electron chi connectivity index (χ1n) is 43.3. The van der Waals surface area contributed by atoms with E-state index in [4.69, 9.17) is 37.0 Å². The van der Waals surface area contributed by atoms with Crippen molar-refractivity contribution in [2.45, 2.75) is 453 Å². The summed E-state index contributed by atoms with van der Waals surface area (Å²) in [6.07, 6.45) is 61.1. The second-order valence-electron chi connectivity index (χ2n) is 31.7. The summed E-state index contributed by atoms with van der Waals surface area (Å²) in [5.74, 6) is 1.07. The van der Waals surface area contributed by atoms with Crippen LogP contribution in [0.1, 0.15) is 434 Å². The Kier molecular flexibility index (Phi) is 71.5. The van der Waals surface area contributed by atoms with Gasteiger partial charge in [0, 0.05) is 25.7 Å². The summed E-state index contributed by atoms with van der Waals surface area (Å²) >= 11 is 0. The summed E-state index contributed by atoms with van der Waals surface area (Å²) in [6.45, 7) is 14.3. The van der Waals surface area contributed by atoms with Crippen LogP contribution in [-0.4, -0.2) is 96.7 Å². The van der Waals surface area contributed by atoms with Gasteiger partial charge in [-0.1, -0.05) is 383 Å². The minimum Gasteiger partial charge on any atom is -0.462 e. The van der Waals surface area contributed by atoms with Crippen molar-refractivity contribution in [2.75, 3.05) is 39.6 Å². The van der Waals surface area contributed by atoms with Crippen LogP contribution in [0.15, 0.2) is 0 Å². The van der Waals surface area contributed by atoms with E-state index in [0.29, 0.717) is 31.6 Å². The number of carbonyl (C=O) groups is 4. The van der Waals surface area contributed by atoms with Gasteiger partial charge in [0.2, 0.25) is 0 Å². The molecule has 0 saturated carbocycles. The highest BCUT2D eigenvalue weighted by molar-refractivity contribution is 7.47. The largest absolute Gasteiger partial charge is 0.472 e. The van der Waals surface area contributed by atoms with E-state index < -0.39 is 97.5 Å². The lowest BCUT2D eigenvalue weighted by molar-refractivity contribution is -0.161. The molecular weight excluding hydrogens is 1340 g/mol. The van der Waals surface area contributed by atoms with E-state index >= 15 is 0 Å². The highest BCUT2D eigenvalue weighted by atomic mass is 31.2. The molecule has 5 unspecified atom stereocenters. The smallest absolute Gasteiger partial charge is 0.462 e. The van der Waals surface area contributed by atoms with E-state index in [9.17, 15) is 43.2 Å². The second kappa shape index (κ2) is 72.9. The molecule has 7 atom stereocenters. The number of phosphoric acid groups is 2. The Morgan fingerprint density at radius 2 is 0.466 bits per heavy atom. The van der Waals surface area contributed by atoms with Crippen molar-refractivity contribution < 1.29 is 80.2 Å². The lowest BCUT2D eigenvalue weighted by atomic mass is 9.99. The van der Waals surface area contributed by atoms with Crippen LogP contribution in [0, 0.1) is 23.7 Å². The highest BCUT2D eigenvalue weighted by Gasteiger charge is 2.30. The van der Waals surface area contributed by atoms with Gasteiger partial charge in [-0.05, 0) is 49.4 Å². The fraction of sp³-hybridized carbons (Fsp3) is 0.952. The SMILES string of the molecule is CCC(C)CCCCCCCCCCCCCCCCCCCCC(=O)O[C@H](COC(=O)CCCCCCCCCCCCCCCCC(C)CC)COP(=O)(O)OCC(O)COP(=O)(O)OC[C@@H](COC(=O)CCCCCCCCCC(C)C)OC(=O)CCCCCCCCCCCCC(C)C. The van der Waals surface area contributed by atoms with Crippen molar-refractivity contribution in [3.8, 4) is 0 Å². The summed E-state index contributed by atoms with van der Waals surface area (Å²) in [5, 5.41) is 10.7. The van der Waals surface area contributed by atoms with Gasteiger partial charge in [-0.2, -0.15) is 0 Å². The molecular formula is C84H164O17P2. The number of esters is 4. The average molecular weight is 1510 g/mol. The molecule has 0 saturated heterocycles. The Labute approximate surface area is 632 Å². The Morgan fingerprint density at radius 1 is 0.272 bits per heavy atom. The molecule has 19 heteroatoms. The van der Waals surface area contributed by atoms with Gasteiger partial charge in [-0.15, -0.1) is 0 Å². The first-order valence-corrected chi connectivity index (χ1v) is 46.3. The number of aliphatic hydroxyl groups is 1. The van der Waals surface area contributed by atoms with Crippen LogP contribution in [0.25, 0.3) is 0 Å². The van der Waals surface area contributed by atoms with Gasteiger partial charge in [0.25, 0.3) is 0 Å². The van der Waals surface area contributed by atoms with Gasteiger partial charge in [0.15, 0.2) is 12.2 Å². The fourth-order valence-electron chi connectivity index (χ4n) is 12.9. The van der Waals surface area contributed by atoms with Gasteiger partial charge < -0.3 is 33.8 Å². The molecule has 0 amide bonds. The summed E-state index contributed by atoms with van der Waals surface area (Å²) in [7, 11) is -9.93. The summed E-state index contributed by atoms with van der Waals surface area (Å²) in [5.41, 5.74) is 0. The van der Waals surface area contributed by atoms with Crippen molar-refractivity contribution in [1.82, 2.24) is 0 Å². The Bertz CT molecular complexity index is 2010. The minimum absolute atomic E-state index is 0.105. The predicted molar refractivity (Wildman–Crippen MR) is 423 cm³/mol. The van der Waals surface area contributed by atoms with Gasteiger partial charge >= 0.3 is 39.5 Å².